The molecule has 0 aromatic heterocycles. The normalized spacial score (nSPS) is 45.9. The molecular weight excluding hydrogens is 210 g/mol. The second-order valence-corrected chi connectivity index (χ2v) is 3.11. The summed E-state index contributed by atoms with van der Waals surface area (Å²) in [7, 11) is 0. The van der Waals surface area contributed by atoms with Gasteiger partial charge in [-0.25, -0.2) is 0 Å². The largest absolute Gasteiger partial charge is 0.394 e. The summed E-state index contributed by atoms with van der Waals surface area (Å²) in [5.41, 5.74) is 8.11. The molecule has 0 amide bonds. The molecule has 0 aromatic rings. The molecule has 1 saturated heterocycles. The van der Waals surface area contributed by atoms with E-state index in [1.54, 1.807) is 0 Å². The maximum absolute atomic E-state index is 9.45. The van der Waals surface area contributed by atoms with Crippen LogP contribution in [-0.4, -0.2) is 62.5 Å². The van der Waals surface area contributed by atoms with E-state index < -0.39 is 36.9 Å². The molecule has 0 saturated carbocycles. The molecule has 9 heteroatoms. The Labute approximate surface area is 83.8 Å². The van der Waals surface area contributed by atoms with Gasteiger partial charge in [0.2, 0.25) is 0 Å². The van der Waals surface area contributed by atoms with Crippen LogP contribution in [0.15, 0.2) is 5.11 Å². The van der Waals surface area contributed by atoms with Crippen molar-refractivity contribution in [2.24, 2.45) is 5.11 Å². The van der Waals surface area contributed by atoms with Gasteiger partial charge >= 0.3 is 0 Å². The van der Waals surface area contributed by atoms with E-state index in [1.165, 1.54) is 0 Å². The summed E-state index contributed by atoms with van der Waals surface area (Å²) in [6.07, 6.45) is -6.71. The third-order valence-electron chi connectivity index (χ3n) is 2.13. The van der Waals surface area contributed by atoms with Gasteiger partial charge in [-0.05, 0) is 10.6 Å². The molecule has 9 nitrogen and oxygen atoms in total. The highest BCUT2D eigenvalue weighted by Crippen LogP contribution is 2.29. The van der Waals surface area contributed by atoms with Crippen LogP contribution in [0.3, 0.4) is 0 Å². The van der Waals surface area contributed by atoms with Crippen LogP contribution < -0.4 is 0 Å². The fourth-order valence-corrected chi connectivity index (χ4v) is 1.28. The molecule has 1 aliphatic rings. The van der Waals surface area contributed by atoms with E-state index in [9.17, 15) is 20.4 Å². The van der Waals surface area contributed by atoms with Crippen molar-refractivity contribution in [1.82, 2.24) is 0 Å². The molecule has 5 N–H and O–H groups in total. The third-order valence-corrected chi connectivity index (χ3v) is 2.13. The lowest BCUT2D eigenvalue weighted by Gasteiger charge is -2.42. The summed E-state index contributed by atoms with van der Waals surface area (Å²) in [4.78, 5) is 2.23. The molecule has 1 rings (SSSR count). The summed E-state index contributed by atoms with van der Waals surface area (Å²) in [5.74, 6) is -2.69. The van der Waals surface area contributed by atoms with Gasteiger partial charge in [0, 0.05) is 4.91 Å². The Bertz CT molecular complexity index is 280. The monoisotopic (exact) mass is 221 g/mol. The molecule has 0 aromatic carbocycles. The lowest BCUT2D eigenvalue weighted by Crippen LogP contribution is -2.64. The van der Waals surface area contributed by atoms with Crippen LogP contribution in [-0.2, 0) is 4.74 Å². The van der Waals surface area contributed by atoms with E-state index in [-0.39, 0.29) is 0 Å². The van der Waals surface area contributed by atoms with Crippen LogP contribution in [0.4, 0.5) is 0 Å². The second-order valence-electron chi connectivity index (χ2n) is 3.11. The second kappa shape index (κ2) is 4.29. The average Bonchev–Trinajstić information content (AvgIpc) is 2.21. The van der Waals surface area contributed by atoms with Crippen LogP contribution >= 0.6 is 0 Å². The smallest absolute Gasteiger partial charge is 0.276 e. The summed E-state index contributed by atoms with van der Waals surface area (Å²) < 4.78 is 4.58. The van der Waals surface area contributed by atoms with Gasteiger partial charge < -0.3 is 30.3 Å². The Hall–Kier alpha value is -0.930. The zero-order valence-electron chi connectivity index (χ0n) is 7.50. The molecule has 0 aliphatic carbocycles. The van der Waals surface area contributed by atoms with Gasteiger partial charge in [-0.3, -0.25) is 0 Å². The first-order chi connectivity index (χ1) is 6.96. The standard InChI is InChI=1S/C6H11N3O6/c7-9-8-6(14)5(13)4(12)3(11)2(1-10)15-6/h2-5,10-14H,1H2/t2-,3-,4+,5-,6?/m1/s1. The first-order valence-corrected chi connectivity index (χ1v) is 4.07. The zero-order chi connectivity index (χ0) is 11.6. The molecule has 1 aliphatic heterocycles. The van der Waals surface area contributed by atoms with Crippen LogP contribution in [0.25, 0.3) is 10.4 Å². The van der Waals surface area contributed by atoms with Gasteiger partial charge in [0.25, 0.3) is 5.91 Å². The van der Waals surface area contributed by atoms with Crippen LogP contribution in [0.2, 0.25) is 0 Å². The summed E-state index contributed by atoms with van der Waals surface area (Å²) in [5, 5.41) is 48.8. The Morgan fingerprint density at radius 2 is 1.93 bits per heavy atom. The maximum Gasteiger partial charge on any atom is 0.276 e. The fraction of sp³-hybridized carbons (Fsp3) is 1.00. The lowest BCUT2D eigenvalue weighted by atomic mass is 9.97. The number of aliphatic hydroxyl groups is 5. The number of nitrogens with zero attached hydrogens (tertiary/aromatic N) is 3. The quantitative estimate of drug-likeness (QED) is 0.195. The number of hydrogen-bond donors (Lipinski definition) is 5. The van der Waals surface area contributed by atoms with Gasteiger partial charge in [0.15, 0.2) is 0 Å². The third kappa shape index (κ3) is 2.03. The van der Waals surface area contributed by atoms with Gasteiger partial charge in [0.1, 0.15) is 24.4 Å². The van der Waals surface area contributed by atoms with E-state index in [2.05, 4.69) is 14.8 Å². The number of aliphatic hydroxyl groups excluding tert-OH is 4. The summed E-state index contributed by atoms with van der Waals surface area (Å²) in [6, 6.07) is 0. The average molecular weight is 221 g/mol. The number of ether oxygens (including phenoxy) is 1. The van der Waals surface area contributed by atoms with Gasteiger partial charge in [-0.1, -0.05) is 0 Å². The minimum atomic E-state index is -2.69. The fourth-order valence-electron chi connectivity index (χ4n) is 1.28. The van der Waals surface area contributed by atoms with Gasteiger partial charge in [-0.15, -0.1) is 0 Å². The van der Waals surface area contributed by atoms with E-state index in [4.69, 9.17) is 10.6 Å². The molecule has 1 fully saturated rings. The highest BCUT2D eigenvalue weighted by molar-refractivity contribution is 4.94. The Morgan fingerprint density at radius 1 is 1.33 bits per heavy atom. The Kier molecular flexibility index (Phi) is 3.47. The highest BCUT2D eigenvalue weighted by atomic mass is 16.7. The van der Waals surface area contributed by atoms with Crippen molar-refractivity contribution in [2.45, 2.75) is 30.3 Å². The minimum Gasteiger partial charge on any atom is -0.394 e. The van der Waals surface area contributed by atoms with Crippen molar-refractivity contribution in [1.29, 1.82) is 0 Å². The van der Waals surface area contributed by atoms with Gasteiger partial charge in [0.05, 0.1) is 6.61 Å². The molecule has 0 spiro atoms. The van der Waals surface area contributed by atoms with Crippen LogP contribution in [0, 0.1) is 0 Å². The first kappa shape index (κ1) is 12.1. The van der Waals surface area contributed by atoms with Crippen molar-refractivity contribution in [3.63, 3.8) is 0 Å². The van der Waals surface area contributed by atoms with Crippen molar-refractivity contribution in [3.05, 3.63) is 10.4 Å². The predicted octanol–water partition coefficient (Wildman–Crippen LogP) is -2.58. The molecule has 1 heterocycles. The summed E-state index contributed by atoms with van der Waals surface area (Å²) >= 11 is 0. The lowest BCUT2D eigenvalue weighted by molar-refractivity contribution is -0.346. The SMILES string of the molecule is [N-]=[N+]=NC1(O)O[C@H](CO)[C@@H](O)[C@H](O)[C@H]1O. The molecule has 0 bridgehead atoms. The van der Waals surface area contributed by atoms with Crippen LogP contribution in [0.1, 0.15) is 0 Å². The van der Waals surface area contributed by atoms with Crippen LogP contribution in [0.5, 0.6) is 0 Å². The minimum absolute atomic E-state index is 0.714. The number of hydrogen-bond acceptors (Lipinski definition) is 7. The molecular formula is C6H11N3O6. The Morgan fingerprint density at radius 3 is 2.40 bits per heavy atom. The van der Waals surface area contributed by atoms with Crippen molar-refractivity contribution in [2.75, 3.05) is 6.61 Å². The molecule has 86 valence electrons. The number of azide groups is 1. The molecule has 0 radical (unpaired) electrons. The predicted molar refractivity (Wildman–Crippen MR) is 44.1 cm³/mol. The van der Waals surface area contributed by atoms with E-state index in [0.717, 1.165) is 0 Å². The molecule has 15 heavy (non-hydrogen) atoms. The summed E-state index contributed by atoms with van der Waals surface area (Å²) in [6.45, 7) is -0.714. The van der Waals surface area contributed by atoms with E-state index in [0.29, 0.717) is 0 Å². The van der Waals surface area contributed by atoms with E-state index in [1.807, 2.05) is 0 Å². The molecule has 1 unspecified atom stereocenters. The van der Waals surface area contributed by atoms with Crippen molar-refractivity contribution >= 4 is 0 Å². The first-order valence-electron chi connectivity index (χ1n) is 4.07. The van der Waals surface area contributed by atoms with Gasteiger partial charge in [-0.2, -0.15) is 0 Å². The maximum atomic E-state index is 9.45. The highest BCUT2D eigenvalue weighted by Gasteiger charge is 2.52. The topological polar surface area (TPSA) is 159 Å². The Balaban J connectivity index is 2.97. The van der Waals surface area contributed by atoms with E-state index >= 15 is 0 Å². The van der Waals surface area contributed by atoms with Crippen molar-refractivity contribution < 1.29 is 30.3 Å². The zero-order valence-corrected chi connectivity index (χ0v) is 7.50. The number of rotatable bonds is 2. The molecule has 5 atom stereocenters. The van der Waals surface area contributed by atoms with Crippen molar-refractivity contribution in [3.8, 4) is 0 Å².